The van der Waals surface area contributed by atoms with E-state index in [0.29, 0.717) is 32.2 Å². The van der Waals surface area contributed by atoms with Crippen molar-refractivity contribution in [3.8, 4) is 5.75 Å². The lowest BCUT2D eigenvalue weighted by Gasteiger charge is -2.36. The second kappa shape index (κ2) is 11.0. The summed E-state index contributed by atoms with van der Waals surface area (Å²) in [5.74, 6) is 1.28. The van der Waals surface area contributed by atoms with Crippen LogP contribution in [0.4, 0.5) is 0 Å². The van der Waals surface area contributed by atoms with Gasteiger partial charge in [0.1, 0.15) is 11.9 Å². The van der Waals surface area contributed by atoms with Crippen LogP contribution < -0.4 is 4.74 Å². The SMILES string of the molecule is COc1cc(C)ccc1CN1CCO[C@@H](C(=O)N(Cc2cccc3cccnc23)CC(C)C)C1. The molecule has 3 aromatic rings. The Balaban J connectivity index is 1.50. The Morgan fingerprint density at radius 2 is 2.03 bits per heavy atom. The van der Waals surface area contributed by atoms with Gasteiger partial charge < -0.3 is 14.4 Å². The molecular formula is C28H35N3O3. The Bertz CT molecular complexity index is 1130. The van der Waals surface area contributed by atoms with Crippen LogP contribution in [0.3, 0.4) is 0 Å². The van der Waals surface area contributed by atoms with Crippen LogP contribution in [-0.2, 0) is 22.6 Å². The Kier molecular flexibility index (Phi) is 7.80. The van der Waals surface area contributed by atoms with E-state index in [4.69, 9.17) is 9.47 Å². The van der Waals surface area contributed by atoms with Gasteiger partial charge in [-0.25, -0.2) is 0 Å². The van der Waals surface area contributed by atoms with Gasteiger partial charge in [-0.2, -0.15) is 0 Å². The quantitative estimate of drug-likeness (QED) is 0.497. The van der Waals surface area contributed by atoms with Crippen LogP contribution in [-0.4, -0.2) is 60.1 Å². The molecule has 1 fully saturated rings. The number of ether oxygens (including phenoxy) is 2. The number of pyridine rings is 1. The first-order chi connectivity index (χ1) is 16.4. The number of morpholine rings is 1. The summed E-state index contributed by atoms with van der Waals surface area (Å²) in [6.07, 6.45) is 1.33. The van der Waals surface area contributed by atoms with E-state index in [1.54, 1.807) is 7.11 Å². The minimum absolute atomic E-state index is 0.0437. The first-order valence-corrected chi connectivity index (χ1v) is 12.0. The minimum atomic E-state index is -0.480. The number of rotatable bonds is 8. The number of hydrogen-bond donors (Lipinski definition) is 0. The maximum absolute atomic E-state index is 13.7. The Hall–Kier alpha value is -2.96. The molecule has 1 aliphatic heterocycles. The number of hydrogen-bond acceptors (Lipinski definition) is 5. The van der Waals surface area contributed by atoms with Crippen molar-refractivity contribution in [2.45, 2.75) is 40.0 Å². The molecule has 6 heteroatoms. The molecule has 34 heavy (non-hydrogen) atoms. The van der Waals surface area contributed by atoms with Crippen LogP contribution in [0, 0.1) is 12.8 Å². The second-order valence-electron chi connectivity index (χ2n) is 9.51. The Morgan fingerprint density at radius 3 is 2.82 bits per heavy atom. The molecule has 0 aliphatic carbocycles. The number of para-hydroxylation sites is 1. The molecule has 0 N–H and O–H groups in total. The van der Waals surface area contributed by atoms with E-state index in [2.05, 4.69) is 67.1 Å². The smallest absolute Gasteiger partial charge is 0.253 e. The molecule has 1 atom stereocenters. The topological polar surface area (TPSA) is 54.9 Å². The lowest BCUT2D eigenvalue weighted by molar-refractivity contribution is -0.151. The molecule has 1 aliphatic rings. The highest BCUT2D eigenvalue weighted by molar-refractivity contribution is 5.84. The van der Waals surface area contributed by atoms with E-state index < -0.39 is 6.10 Å². The van der Waals surface area contributed by atoms with E-state index in [1.165, 1.54) is 5.56 Å². The number of amides is 1. The molecule has 4 rings (SSSR count). The standard InChI is InChI=1S/C28H35N3O3/c1-20(2)16-31(18-24-8-5-7-22-9-6-12-29-27(22)24)28(32)26-19-30(13-14-34-26)17-23-11-10-21(3)15-25(23)33-4/h5-12,15,20,26H,13-14,16-19H2,1-4H3/t26-/m1/s1. The van der Waals surface area contributed by atoms with Gasteiger partial charge in [-0.1, -0.05) is 50.2 Å². The number of aromatic nitrogens is 1. The van der Waals surface area contributed by atoms with Crippen molar-refractivity contribution in [1.82, 2.24) is 14.8 Å². The van der Waals surface area contributed by atoms with Crippen molar-refractivity contribution in [1.29, 1.82) is 0 Å². The van der Waals surface area contributed by atoms with Crippen LogP contribution in [0.1, 0.15) is 30.5 Å². The van der Waals surface area contributed by atoms with E-state index >= 15 is 0 Å². The van der Waals surface area contributed by atoms with Crippen LogP contribution in [0.25, 0.3) is 10.9 Å². The number of carbonyl (C=O) groups is 1. The van der Waals surface area contributed by atoms with Crippen LogP contribution in [0.2, 0.25) is 0 Å². The lowest BCUT2D eigenvalue weighted by Crippen LogP contribution is -2.51. The Morgan fingerprint density at radius 1 is 1.21 bits per heavy atom. The largest absolute Gasteiger partial charge is 0.496 e. The van der Waals surface area contributed by atoms with Crippen molar-refractivity contribution in [3.63, 3.8) is 0 Å². The molecular weight excluding hydrogens is 426 g/mol. The monoisotopic (exact) mass is 461 g/mol. The van der Waals surface area contributed by atoms with Gasteiger partial charge in [-0.15, -0.1) is 0 Å². The summed E-state index contributed by atoms with van der Waals surface area (Å²) in [7, 11) is 1.70. The van der Waals surface area contributed by atoms with Crippen molar-refractivity contribution in [2.75, 3.05) is 33.4 Å². The van der Waals surface area contributed by atoms with Crippen LogP contribution in [0.5, 0.6) is 5.75 Å². The molecule has 1 amide bonds. The summed E-state index contributed by atoms with van der Waals surface area (Å²) in [5, 5.41) is 1.09. The fourth-order valence-electron chi connectivity index (χ4n) is 4.60. The first kappa shape index (κ1) is 24.2. The number of aryl methyl sites for hydroxylation is 1. The molecule has 2 aromatic carbocycles. The normalized spacial score (nSPS) is 16.7. The zero-order valence-electron chi connectivity index (χ0n) is 20.7. The Labute approximate surface area is 202 Å². The maximum Gasteiger partial charge on any atom is 0.253 e. The van der Waals surface area contributed by atoms with Crippen molar-refractivity contribution in [3.05, 3.63) is 71.4 Å². The van der Waals surface area contributed by atoms with Gasteiger partial charge in [0.05, 0.1) is 19.2 Å². The third-order valence-electron chi connectivity index (χ3n) is 6.24. The number of fused-ring (bicyclic) bond motifs is 1. The van der Waals surface area contributed by atoms with Crippen LogP contribution in [0.15, 0.2) is 54.7 Å². The molecule has 180 valence electrons. The number of carbonyl (C=O) groups excluding carboxylic acids is 1. The molecule has 0 spiro atoms. The average molecular weight is 462 g/mol. The number of methoxy groups -OCH3 is 1. The molecule has 6 nitrogen and oxygen atoms in total. The number of benzene rings is 2. The van der Waals surface area contributed by atoms with Crippen LogP contribution >= 0.6 is 0 Å². The first-order valence-electron chi connectivity index (χ1n) is 12.0. The van der Waals surface area contributed by atoms with Gasteiger partial charge in [-0.3, -0.25) is 14.7 Å². The summed E-state index contributed by atoms with van der Waals surface area (Å²) in [5.41, 5.74) is 4.30. The maximum atomic E-state index is 13.7. The van der Waals surface area contributed by atoms with Crippen molar-refractivity contribution < 1.29 is 14.3 Å². The van der Waals surface area contributed by atoms with E-state index in [1.807, 2.05) is 23.2 Å². The van der Waals surface area contributed by atoms with Crippen molar-refractivity contribution >= 4 is 16.8 Å². The van der Waals surface area contributed by atoms with Crippen molar-refractivity contribution in [2.24, 2.45) is 5.92 Å². The van der Waals surface area contributed by atoms with Gasteiger partial charge in [0.25, 0.3) is 5.91 Å². The third kappa shape index (κ3) is 5.75. The lowest BCUT2D eigenvalue weighted by atomic mass is 10.1. The molecule has 1 saturated heterocycles. The zero-order chi connectivity index (χ0) is 24.1. The summed E-state index contributed by atoms with van der Waals surface area (Å²) in [6, 6.07) is 16.4. The molecule has 0 unspecified atom stereocenters. The van der Waals surface area contributed by atoms with E-state index in [9.17, 15) is 4.79 Å². The summed E-state index contributed by atoms with van der Waals surface area (Å²) in [6.45, 7) is 10.2. The fourth-order valence-corrected chi connectivity index (χ4v) is 4.60. The highest BCUT2D eigenvalue weighted by Gasteiger charge is 2.31. The summed E-state index contributed by atoms with van der Waals surface area (Å²) >= 11 is 0. The third-order valence-corrected chi connectivity index (χ3v) is 6.24. The minimum Gasteiger partial charge on any atom is -0.496 e. The summed E-state index contributed by atoms with van der Waals surface area (Å²) in [4.78, 5) is 22.5. The molecule has 2 heterocycles. The van der Waals surface area contributed by atoms with E-state index in [-0.39, 0.29) is 5.91 Å². The highest BCUT2D eigenvalue weighted by atomic mass is 16.5. The molecule has 1 aromatic heterocycles. The van der Waals surface area contributed by atoms with Gasteiger partial charge in [-0.05, 0) is 36.1 Å². The van der Waals surface area contributed by atoms with Gasteiger partial charge in [0, 0.05) is 49.9 Å². The predicted molar refractivity (Wildman–Crippen MR) is 135 cm³/mol. The molecule has 0 bridgehead atoms. The zero-order valence-corrected chi connectivity index (χ0v) is 20.7. The summed E-state index contributed by atoms with van der Waals surface area (Å²) < 4.78 is 11.6. The van der Waals surface area contributed by atoms with E-state index in [0.717, 1.165) is 40.9 Å². The van der Waals surface area contributed by atoms with Gasteiger partial charge >= 0.3 is 0 Å². The molecule has 0 radical (unpaired) electrons. The second-order valence-corrected chi connectivity index (χ2v) is 9.51. The van der Waals surface area contributed by atoms with Gasteiger partial charge in [0.15, 0.2) is 0 Å². The van der Waals surface area contributed by atoms with Gasteiger partial charge in [0.2, 0.25) is 0 Å². The average Bonchev–Trinajstić information content (AvgIpc) is 2.84. The predicted octanol–water partition coefficient (Wildman–Crippen LogP) is 4.44. The molecule has 0 saturated carbocycles. The highest BCUT2D eigenvalue weighted by Crippen LogP contribution is 2.24. The fraction of sp³-hybridized carbons (Fsp3) is 0.429. The number of nitrogens with zero attached hydrogens (tertiary/aromatic N) is 3.